The second-order valence-corrected chi connectivity index (χ2v) is 16.9. The Kier molecular flexibility index (Phi) is 14.4. The first-order chi connectivity index (χ1) is 28.7. The smallest absolute Gasteiger partial charge is 0.320 e. The first-order valence-corrected chi connectivity index (χ1v) is 21.6. The van der Waals surface area contributed by atoms with E-state index < -0.39 is 12.0 Å². The largest absolute Gasteiger partial charge is 0.493 e. The summed E-state index contributed by atoms with van der Waals surface area (Å²) in [4.78, 5) is 21.0. The van der Waals surface area contributed by atoms with Crippen LogP contribution >= 0.6 is 11.6 Å². The number of carboxylic acids is 1. The Labute approximate surface area is 354 Å². The fourth-order valence-electron chi connectivity index (χ4n) is 8.96. The van der Waals surface area contributed by atoms with Crippen LogP contribution in [0.5, 0.6) is 17.2 Å². The van der Waals surface area contributed by atoms with E-state index in [2.05, 4.69) is 66.2 Å². The maximum atomic E-state index is 12.3. The Balaban J connectivity index is 1.02. The minimum atomic E-state index is -0.820. The summed E-state index contributed by atoms with van der Waals surface area (Å²) < 4.78 is 24.8. The van der Waals surface area contributed by atoms with Crippen LogP contribution in [-0.2, 0) is 29.3 Å². The normalized spacial score (nSPS) is 18.5. The molecule has 1 unspecified atom stereocenters. The number of nitriles is 1. The zero-order chi connectivity index (χ0) is 41.2. The van der Waals surface area contributed by atoms with E-state index in [9.17, 15) is 15.2 Å². The van der Waals surface area contributed by atoms with Gasteiger partial charge in [0.15, 0.2) is 0 Å². The number of nitrogens with zero attached hydrogens (tertiary/aromatic N) is 4. The highest BCUT2D eigenvalue weighted by atomic mass is 35.5. The molecule has 3 aromatic carbocycles. The van der Waals surface area contributed by atoms with Gasteiger partial charge in [-0.25, -0.2) is 0 Å². The van der Waals surface area contributed by atoms with Crippen LogP contribution in [0.25, 0.3) is 11.1 Å². The van der Waals surface area contributed by atoms with E-state index >= 15 is 0 Å². The Bertz CT molecular complexity index is 2100. The molecule has 0 aliphatic carbocycles. The van der Waals surface area contributed by atoms with Gasteiger partial charge < -0.3 is 29.0 Å². The lowest BCUT2D eigenvalue weighted by molar-refractivity contribution is -0.143. The van der Waals surface area contributed by atoms with Gasteiger partial charge in [0.05, 0.1) is 17.2 Å². The van der Waals surface area contributed by atoms with Gasteiger partial charge in [-0.3, -0.25) is 14.7 Å². The van der Waals surface area contributed by atoms with Crippen molar-refractivity contribution in [2.45, 2.75) is 97.4 Å². The zero-order valence-corrected chi connectivity index (χ0v) is 35.3. The third-order valence-electron chi connectivity index (χ3n) is 12.7. The van der Waals surface area contributed by atoms with E-state index in [1.165, 1.54) is 45.0 Å². The van der Waals surface area contributed by atoms with Crippen molar-refractivity contribution in [3.8, 4) is 34.4 Å². The van der Waals surface area contributed by atoms with Gasteiger partial charge in [-0.2, -0.15) is 5.26 Å². The van der Waals surface area contributed by atoms with Gasteiger partial charge in [0.1, 0.15) is 42.6 Å². The molecule has 0 radical (unpaired) electrons. The number of aromatic nitrogens is 1. The molecule has 0 amide bonds. The number of ether oxygens (including phenoxy) is 4. The van der Waals surface area contributed by atoms with Crippen LogP contribution < -0.4 is 14.2 Å². The third-order valence-corrected chi connectivity index (χ3v) is 13.0. The van der Waals surface area contributed by atoms with Crippen molar-refractivity contribution in [2.24, 2.45) is 5.41 Å². The molecule has 0 bridgehead atoms. The first-order valence-electron chi connectivity index (χ1n) is 21.2. The average molecular weight is 821 g/mol. The molecule has 7 rings (SSSR count). The Morgan fingerprint density at radius 3 is 2.42 bits per heavy atom. The van der Waals surface area contributed by atoms with Gasteiger partial charge in [0.25, 0.3) is 0 Å². The number of aliphatic carboxylic acids is 1. The van der Waals surface area contributed by atoms with Crippen molar-refractivity contribution in [3.63, 3.8) is 0 Å². The maximum absolute atomic E-state index is 12.3. The summed E-state index contributed by atoms with van der Waals surface area (Å²) in [5.41, 5.74) is 7.95. The van der Waals surface area contributed by atoms with Gasteiger partial charge in [-0.15, -0.1) is 0 Å². The SMILES string of the molecule is Cc1c(COc2cc(OCc3cncc(C#N)c3)c(CN3CCCCCC3C(=O)O)cc2Cl)cccc1-c1cccc(OCCCN2CCC3(CCOCC3)CC2)c1C. The monoisotopic (exact) mass is 820 g/mol. The summed E-state index contributed by atoms with van der Waals surface area (Å²) >= 11 is 6.92. The van der Waals surface area contributed by atoms with E-state index in [0.717, 1.165) is 90.1 Å². The predicted octanol–water partition coefficient (Wildman–Crippen LogP) is 9.54. The summed E-state index contributed by atoms with van der Waals surface area (Å²) in [6, 6.07) is 19.5. The number of rotatable bonds is 15. The molecule has 59 heavy (non-hydrogen) atoms. The van der Waals surface area contributed by atoms with E-state index in [-0.39, 0.29) is 13.2 Å². The highest BCUT2D eigenvalue weighted by Gasteiger charge is 2.36. The van der Waals surface area contributed by atoms with E-state index in [4.69, 9.17) is 30.5 Å². The first kappa shape index (κ1) is 42.5. The van der Waals surface area contributed by atoms with Crippen LogP contribution in [0.15, 0.2) is 67.0 Å². The minimum absolute atomic E-state index is 0.164. The highest BCUT2D eigenvalue weighted by molar-refractivity contribution is 6.32. The quantitative estimate of drug-likeness (QED) is 0.116. The number of carbonyl (C=O) groups is 1. The number of hydrogen-bond acceptors (Lipinski definition) is 9. The predicted molar refractivity (Wildman–Crippen MR) is 229 cm³/mol. The molecule has 10 nitrogen and oxygen atoms in total. The molecule has 3 aliphatic rings. The van der Waals surface area contributed by atoms with E-state index in [1.807, 2.05) is 11.0 Å². The number of piperidine rings is 1. The standard InChI is InChI=1S/C48H57ClN4O6/c1-34-38(9-6-10-40(34)41-11-7-13-44(35(41)2)57-22-8-18-52-20-14-48(15-21-52)16-23-56-24-17-48)33-59-46-27-45(58-32-37-25-36(28-50)29-51-30-37)39(26-42(46)49)31-53-19-5-3-4-12-43(53)47(54)55/h6-7,9-11,13,25-27,29-30,43H,3-5,8,12,14-24,31-33H2,1-2H3,(H,54,55). The summed E-state index contributed by atoms with van der Waals surface area (Å²) in [6.45, 7) is 11.6. The Morgan fingerprint density at radius 2 is 1.64 bits per heavy atom. The maximum Gasteiger partial charge on any atom is 0.320 e. The van der Waals surface area contributed by atoms with Gasteiger partial charge in [0.2, 0.25) is 0 Å². The number of pyridine rings is 1. The van der Waals surface area contributed by atoms with Crippen molar-refractivity contribution in [1.29, 1.82) is 5.26 Å². The molecule has 3 aliphatic heterocycles. The van der Waals surface area contributed by atoms with Crippen LogP contribution in [0.2, 0.25) is 5.02 Å². The average Bonchev–Trinajstić information content (AvgIpc) is 3.49. The van der Waals surface area contributed by atoms with Crippen LogP contribution in [0.3, 0.4) is 0 Å². The number of halogens is 1. The van der Waals surface area contributed by atoms with Gasteiger partial charge in [-0.1, -0.05) is 54.8 Å². The molecule has 0 saturated carbocycles. The van der Waals surface area contributed by atoms with E-state index in [0.29, 0.717) is 53.6 Å². The van der Waals surface area contributed by atoms with Crippen molar-refractivity contribution in [1.82, 2.24) is 14.8 Å². The van der Waals surface area contributed by atoms with Crippen molar-refractivity contribution < 1.29 is 28.8 Å². The molecule has 1 spiro atoms. The Hall–Kier alpha value is -4.66. The lowest BCUT2D eigenvalue weighted by Gasteiger charge is -2.44. The lowest BCUT2D eigenvalue weighted by atomic mass is 9.72. The molecule has 4 aromatic rings. The van der Waals surface area contributed by atoms with E-state index in [1.54, 1.807) is 18.3 Å². The molecule has 3 fully saturated rings. The van der Waals surface area contributed by atoms with Crippen molar-refractivity contribution in [2.75, 3.05) is 46.0 Å². The number of hydrogen-bond donors (Lipinski definition) is 1. The van der Waals surface area contributed by atoms with Crippen LogP contribution in [0.4, 0.5) is 0 Å². The molecule has 3 saturated heterocycles. The summed E-state index contributed by atoms with van der Waals surface area (Å²) in [6.07, 6.45) is 12.6. The molecule has 4 heterocycles. The topological polar surface area (TPSA) is 117 Å². The molecule has 11 heteroatoms. The minimum Gasteiger partial charge on any atom is -0.493 e. The molecular formula is C48H57ClN4O6. The fourth-order valence-corrected chi connectivity index (χ4v) is 9.20. The van der Waals surface area contributed by atoms with Gasteiger partial charge in [-0.05, 0) is 130 Å². The highest BCUT2D eigenvalue weighted by Crippen LogP contribution is 2.41. The second kappa shape index (κ2) is 20.1. The van der Waals surface area contributed by atoms with Gasteiger partial charge in [0, 0.05) is 55.9 Å². The molecule has 1 aromatic heterocycles. The summed E-state index contributed by atoms with van der Waals surface area (Å²) in [7, 11) is 0. The zero-order valence-electron chi connectivity index (χ0n) is 34.5. The van der Waals surface area contributed by atoms with Gasteiger partial charge >= 0.3 is 5.97 Å². The Morgan fingerprint density at radius 1 is 0.881 bits per heavy atom. The number of likely N-dealkylation sites (tertiary alicyclic amines) is 2. The second-order valence-electron chi connectivity index (χ2n) is 16.5. The summed E-state index contributed by atoms with van der Waals surface area (Å²) in [5, 5.41) is 19.9. The third kappa shape index (κ3) is 10.8. The number of carboxylic acid groups (broad SMARTS) is 1. The number of benzene rings is 3. The van der Waals surface area contributed by atoms with Crippen LogP contribution in [0, 0.1) is 30.6 Å². The molecule has 1 atom stereocenters. The fraction of sp³-hybridized carbons (Fsp3) is 0.479. The van der Waals surface area contributed by atoms with Crippen molar-refractivity contribution in [3.05, 3.63) is 105 Å². The molecular weight excluding hydrogens is 764 g/mol. The molecule has 1 N–H and O–H groups in total. The van der Waals surface area contributed by atoms with Crippen LogP contribution in [0.1, 0.15) is 91.2 Å². The summed E-state index contributed by atoms with van der Waals surface area (Å²) in [5.74, 6) is 1.09. The molecule has 312 valence electrons. The van der Waals surface area contributed by atoms with Crippen LogP contribution in [-0.4, -0.2) is 77.9 Å². The lowest BCUT2D eigenvalue weighted by Crippen LogP contribution is -2.43. The van der Waals surface area contributed by atoms with Crippen molar-refractivity contribution >= 4 is 17.6 Å².